The van der Waals surface area contributed by atoms with E-state index < -0.39 is 5.91 Å². The molecule has 0 radical (unpaired) electrons. The molecule has 0 spiro atoms. The Morgan fingerprint density at radius 3 is 2.80 bits per heavy atom. The molecule has 20 heavy (non-hydrogen) atoms. The fraction of sp³-hybridized carbons (Fsp3) is 0.500. The van der Waals surface area contributed by atoms with Gasteiger partial charge in [0, 0.05) is 38.4 Å². The second-order valence-corrected chi connectivity index (χ2v) is 5.34. The van der Waals surface area contributed by atoms with E-state index in [1.54, 1.807) is 12.1 Å². The number of carbonyl (C=O) groups excluding carboxylic acids is 1. The number of primary amides is 1. The van der Waals surface area contributed by atoms with Gasteiger partial charge in [-0.15, -0.1) is 0 Å². The monoisotopic (exact) mass is 296 g/mol. The number of nitrogens with two attached hydrogens (primary N) is 1. The van der Waals surface area contributed by atoms with Gasteiger partial charge in [0.05, 0.1) is 10.6 Å². The molecule has 1 aromatic rings. The van der Waals surface area contributed by atoms with Gasteiger partial charge in [-0.25, -0.2) is 0 Å². The molecule has 1 heterocycles. The number of halogens is 1. The van der Waals surface area contributed by atoms with Gasteiger partial charge >= 0.3 is 0 Å². The van der Waals surface area contributed by atoms with Crippen molar-refractivity contribution in [2.75, 3.05) is 44.6 Å². The molecule has 6 heteroatoms. The third-order valence-corrected chi connectivity index (χ3v) is 3.74. The Hall–Kier alpha value is -1.30. The van der Waals surface area contributed by atoms with Crippen LogP contribution in [0.4, 0.5) is 5.69 Å². The molecule has 0 saturated carbocycles. The van der Waals surface area contributed by atoms with Gasteiger partial charge in [0.1, 0.15) is 0 Å². The van der Waals surface area contributed by atoms with Gasteiger partial charge in [0.2, 0.25) is 5.91 Å². The highest BCUT2D eigenvalue weighted by molar-refractivity contribution is 6.34. The molecule has 0 aliphatic carbocycles. The molecule has 110 valence electrons. The molecule has 0 aromatic heterocycles. The Kier molecular flexibility index (Phi) is 5.64. The topological polar surface area (TPSA) is 70.4 Å². The molecule has 1 aromatic carbocycles. The number of nitrogens with one attached hydrogen (secondary N) is 2. The average molecular weight is 297 g/mol. The number of nitrogens with zero attached hydrogens (tertiary/aromatic N) is 1. The van der Waals surface area contributed by atoms with Crippen molar-refractivity contribution >= 4 is 23.2 Å². The van der Waals surface area contributed by atoms with Crippen LogP contribution in [0.2, 0.25) is 5.02 Å². The Balaban J connectivity index is 1.73. The summed E-state index contributed by atoms with van der Waals surface area (Å²) in [6.45, 7) is 6.39. The first-order chi connectivity index (χ1) is 9.66. The van der Waals surface area contributed by atoms with Gasteiger partial charge in [0.15, 0.2) is 0 Å². The van der Waals surface area contributed by atoms with E-state index in [1.807, 2.05) is 6.07 Å². The number of benzene rings is 1. The van der Waals surface area contributed by atoms with Crippen molar-refractivity contribution in [3.05, 3.63) is 28.8 Å². The van der Waals surface area contributed by atoms with Gasteiger partial charge in [-0.05, 0) is 31.2 Å². The summed E-state index contributed by atoms with van der Waals surface area (Å²) in [5.74, 6) is -0.500. The summed E-state index contributed by atoms with van der Waals surface area (Å²) in [6, 6.07) is 5.23. The Morgan fingerprint density at radius 1 is 1.40 bits per heavy atom. The summed E-state index contributed by atoms with van der Waals surface area (Å²) in [5.41, 5.74) is 6.49. The van der Waals surface area contributed by atoms with E-state index in [4.69, 9.17) is 17.3 Å². The van der Waals surface area contributed by atoms with Gasteiger partial charge in [-0.3, -0.25) is 4.79 Å². The lowest BCUT2D eigenvalue weighted by molar-refractivity contribution is 0.100. The summed E-state index contributed by atoms with van der Waals surface area (Å²) in [5, 5.41) is 7.05. The van der Waals surface area contributed by atoms with Crippen molar-refractivity contribution in [1.29, 1.82) is 0 Å². The second kappa shape index (κ2) is 7.47. The summed E-state index contributed by atoms with van der Waals surface area (Å²) in [6.07, 6.45) is 1.08. The average Bonchev–Trinajstić information content (AvgIpc) is 2.44. The number of piperazine rings is 1. The Morgan fingerprint density at radius 2 is 2.15 bits per heavy atom. The maximum absolute atomic E-state index is 11.1. The van der Waals surface area contributed by atoms with E-state index >= 15 is 0 Å². The highest BCUT2D eigenvalue weighted by Crippen LogP contribution is 2.20. The summed E-state index contributed by atoms with van der Waals surface area (Å²) >= 11 is 6.00. The van der Waals surface area contributed by atoms with Crippen molar-refractivity contribution in [2.24, 2.45) is 5.73 Å². The van der Waals surface area contributed by atoms with Crippen LogP contribution >= 0.6 is 11.6 Å². The molecule has 0 atom stereocenters. The number of carbonyl (C=O) groups is 1. The minimum Gasteiger partial charge on any atom is -0.385 e. The first-order valence-electron chi connectivity index (χ1n) is 6.93. The highest BCUT2D eigenvalue weighted by atomic mass is 35.5. The number of hydrogen-bond acceptors (Lipinski definition) is 4. The Labute approximate surface area is 124 Å². The molecule has 0 unspecified atom stereocenters. The van der Waals surface area contributed by atoms with Crippen molar-refractivity contribution in [1.82, 2.24) is 10.2 Å². The van der Waals surface area contributed by atoms with Crippen LogP contribution in [0.5, 0.6) is 0 Å². The normalized spacial score (nSPS) is 16.1. The molecular formula is C14H21ClN4O. The summed E-state index contributed by atoms with van der Waals surface area (Å²) in [4.78, 5) is 13.5. The van der Waals surface area contributed by atoms with Gasteiger partial charge in [-0.2, -0.15) is 0 Å². The third-order valence-electron chi connectivity index (χ3n) is 3.42. The summed E-state index contributed by atoms with van der Waals surface area (Å²) in [7, 11) is 0. The number of anilines is 1. The molecule has 4 N–H and O–H groups in total. The van der Waals surface area contributed by atoms with Gasteiger partial charge in [-0.1, -0.05) is 11.6 Å². The van der Waals surface area contributed by atoms with Crippen LogP contribution in [0.3, 0.4) is 0 Å². The van der Waals surface area contributed by atoms with Crippen LogP contribution in [-0.4, -0.2) is 50.1 Å². The standard InChI is InChI=1S/C14H21ClN4O/c15-13-10-11(2-3-12(13)14(16)20)18-4-1-7-19-8-5-17-6-9-19/h2-3,10,17-18H,1,4-9H2,(H2,16,20). The van der Waals surface area contributed by atoms with E-state index in [-0.39, 0.29) is 0 Å². The molecule has 1 amide bonds. The van der Waals surface area contributed by atoms with E-state index in [2.05, 4.69) is 15.5 Å². The zero-order valence-electron chi connectivity index (χ0n) is 11.5. The highest BCUT2D eigenvalue weighted by Gasteiger charge is 2.09. The lowest BCUT2D eigenvalue weighted by Crippen LogP contribution is -2.44. The van der Waals surface area contributed by atoms with Crippen LogP contribution < -0.4 is 16.4 Å². The minimum atomic E-state index is -0.500. The largest absolute Gasteiger partial charge is 0.385 e. The first kappa shape index (κ1) is 15.1. The fourth-order valence-electron chi connectivity index (χ4n) is 2.30. The minimum absolute atomic E-state index is 0.359. The van der Waals surface area contributed by atoms with E-state index in [9.17, 15) is 4.79 Å². The van der Waals surface area contributed by atoms with Crippen LogP contribution in [0.1, 0.15) is 16.8 Å². The van der Waals surface area contributed by atoms with Crippen molar-refractivity contribution in [3.8, 4) is 0 Å². The molecular weight excluding hydrogens is 276 g/mol. The SMILES string of the molecule is NC(=O)c1ccc(NCCCN2CCNCC2)cc1Cl. The van der Waals surface area contributed by atoms with Crippen LogP contribution in [0, 0.1) is 0 Å². The molecule has 0 bridgehead atoms. The molecule has 5 nitrogen and oxygen atoms in total. The predicted molar refractivity (Wildman–Crippen MR) is 82.4 cm³/mol. The molecule has 1 aliphatic heterocycles. The van der Waals surface area contributed by atoms with Crippen molar-refractivity contribution < 1.29 is 4.79 Å². The zero-order chi connectivity index (χ0) is 14.4. The molecule has 2 rings (SSSR count). The quantitative estimate of drug-likeness (QED) is 0.689. The number of amides is 1. The maximum Gasteiger partial charge on any atom is 0.250 e. The number of hydrogen-bond donors (Lipinski definition) is 3. The van der Waals surface area contributed by atoms with Crippen molar-refractivity contribution in [2.45, 2.75) is 6.42 Å². The second-order valence-electron chi connectivity index (χ2n) is 4.93. The van der Waals surface area contributed by atoms with Crippen LogP contribution in [-0.2, 0) is 0 Å². The van der Waals surface area contributed by atoms with Gasteiger partial charge < -0.3 is 21.3 Å². The molecule has 1 fully saturated rings. The van der Waals surface area contributed by atoms with E-state index in [1.165, 1.54) is 0 Å². The van der Waals surface area contributed by atoms with Crippen LogP contribution in [0.15, 0.2) is 18.2 Å². The fourth-order valence-corrected chi connectivity index (χ4v) is 2.57. The first-order valence-corrected chi connectivity index (χ1v) is 7.31. The summed E-state index contributed by atoms with van der Waals surface area (Å²) < 4.78 is 0. The van der Waals surface area contributed by atoms with Crippen molar-refractivity contribution in [3.63, 3.8) is 0 Å². The molecule has 1 saturated heterocycles. The number of rotatable bonds is 6. The van der Waals surface area contributed by atoms with Crippen LogP contribution in [0.25, 0.3) is 0 Å². The van der Waals surface area contributed by atoms with E-state index in [0.29, 0.717) is 10.6 Å². The lowest BCUT2D eigenvalue weighted by atomic mass is 10.2. The maximum atomic E-state index is 11.1. The predicted octanol–water partition coefficient (Wildman–Crippen LogP) is 1.15. The zero-order valence-corrected chi connectivity index (χ0v) is 12.2. The van der Waals surface area contributed by atoms with E-state index in [0.717, 1.165) is 51.4 Å². The lowest BCUT2D eigenvalue weighted by Gasteiger charge is -2.27. The molecule has 1 aliphatic rings. The smallest absolute Gasteiger partial charge is 0.250 e. The Bertz CT molecular complexity index is 460. The van der Waals surface area contributed by atoms with Gasteiger partial charge in [0.25, 0.3) is 0 Å². The third kappa shape index (κ3) is 4.37.